The lowest BCUT2D eigenvalue weighted by molar-refractivity contribution is 0.0180. The van der Waals surface area contributed by atoms with Crippen LogP contribution in [0.4, 0.5) is 16.3 Å². The molecule has 1 aromatic heterocycles. The van der Waals surface area contributed by atoms with Crippen molar-refractivity contribution in [3.8, 4) is 11.9 Å². The summed E-state index contributed by atoms with van der Waals surface area (Å²) in [7, 11) is 0. The Morgan fingerprint density at radius 3 is 2.78 bits per heavy atom. The minimum absolute atomic E-state index is 0.0337. The van der Waals surface area contributed by atoms with Crippen LogP contribution in [0.15, 0.2) is 24.5 Å². The molecule has 9 heteroatoms. The van der Waals surface area contributed by atoms with E-state index in [0.717, 1.165) is 24.8 Å². The van der Waals surface area contributed by atoms with Gasteiger partial charge in [0.1, 0.15) is 23.9 Å². The Morgan fingerprint density at radius 1 is 1.31 bits per heavy atom. The zero-order valence-electron chi connectivity index (χ0n) is 18.6. The zero-order chi connectivity index (χ0) is 23.0. The summed E-state index contributed by atoms with van der Waals surface area (Å²) in [6.07, 6.45) is 3.58. The predicted octanol–water partition coefficient (Wildman–Crippen LogP) is 4.97. The van der Waals surface area contributed by atoms with Gasteiger partial charge in [-0.05, 0) is 58.7 Å². The van der Waals surface area contributed by atoms with Crippen LogP contribution in [0.25, 0.3) is 0 Å². The number of amides is 1. The minimum Gasteiger partial charge on any atom is -0.472 e. The van der Waals surface area contributed by atoms with Crippen molar-refractivity contribution in [1.29, 1.82) is 5.26 Å². The Balaban J connectivity index is 1.49. The van der Waals surface area contributed by atoms with Crippen molar-refractivity contribution in [3.63, 3.8) is 0 Å². The van der Waals surface area contributed by atoms with Gasteiger partial charge in [0.05, 0.1) is 33.9 Å². The molecule has 2 bridgehead atoms. The molecule has 2 aliphatic rings. The van der Waals surface area contributed by atoms with Crippen LogP contribution in [-0.2, 0) is 4.74 Å². The van der Waals surface area contributed by atoms with Gasteiger partial charge in [-0.3, -0.25) is 4.90 Å². The molecule has 3 heterocycles. The van der Waals surface area contributed by atoms with E-state index in [1.807, 2.05) is 32.6 Å². The van der Waals surface area contributed by atoms with Gasteiger partial charge in [-0.25, -0.2) is 14.8 Å². The first-order chi connectivity index (χ1) is 15.2. The molecule has 2 unspecified atom stereocenters. The molecule has 32 heavy (non-hydrogen) atoms. The number of anilines is 2. The molecule has 4 rings (SSSR count). The van der Waals surface area contributed by atoms with Gasteiger partial charge in [0.2, 0.25) is 5.88 Å². The molecule has 2 fully saturated rings. The predicted molar refractivity (Wildman–Crippen MR) is 120 cm³/mol. The number of carbonyl (C=O) groups is 1. The largest absolute Gasteiger partial charge is 0.472 e. The molecule has 0 spiro atoms. The first-order valence-corrected chi connectivity index (χ1v) is 11.0. The molecule has 168 valence electrons. The Hall–Kier alpha value is -3.05. The standard InChI is InChI=1S/C23H26ClN5O3/c1-13-20(28-17-7-5-14(11-25)9-16(17)24)26-12-27-21(13)31-19-10-15-6-8-18(19)29(15)22(30)32-23(2,3)4/h5,7,9,12,15,18-19H,6,8,10H2,1-4H3,(H,26,27,28)/t15?,18?,19-/m0/s1. The first-order valence-electron chi connectivity index (χ1n) is 10.6. The molecule has 8 nitrogen and oxygen atoms in total. The van der Waals surface area contributed by atoms with Crippen molar-refractivity contribution < 1.29 is 14.3 Å². The third-order valence-corrected chi connectivity index (χ3v) is 6.05. The van der Waals surface area contributed by atoms with E-state index in [2.05, 4.69) is 21.4 Å². The summed E-state index contributed by atoms with van der Waals surface area (Å²) in [6, 6.07) is 7.16. The second-order valence-corrected chi connectivity index (χ2v) is 9.57. The van der Waals surface area contributed by atoms with E-state index in [4.69, 9.17) is 26.3 Å². The molecule has 2 saturated heterocycles. The van der Waals surface area contributed by atoms with Gasteiger partial charge in [0.25, 0.3) is 0 Å². The zero-order valence-corrected chi connectivity index (χ0v) is 19.3. The van der Waals surface area contributed by atoms with Crippen molar-refractivity contribution in [3.05, 3.63) is 40.7 Å². The quantitative estimate of drug-likeness (QED) is 0.694. The van der Waals surface area contributed by atoms with Gasteiger partial charge in [0, 0.05) is 12.5 Å². The second kappa shape index (κ2) is 8.47. The van der Waals surface area contributed by atoms with Crippen LogP contribution >= 0.6 is 11.6 Å². The maximum atomic E-state index is 12.7. The maximum Gasteiger partial charge on any atom is 0.410 e. The van der Waals surface area contributed by atoms with E-state index in [-0.39, 0.29) is 24.3 Å². The van der Waals surface area contributed by atoms with Crippen LogP contribution < -0.4 is 10.1 Å². The van der Waals surface area contributed by atoms with E-state index in [0.29, 0.717) is 28.0 Å². The summed E-state index contributed by atoms with van der Waals surface area (Å²) < 4.78 is 11.9. The number of halogens is 1. The van der Waals surface area contributed by atoms with Gasteiger partial charge < -0.3 is 14.8 Å². The summed E-state index contributed by atoms with van der Waals surface area (Å²) in [4.78, 5) is 23.2. The molecule has 2 aliphatic heterocycles. The summed E-state index contributed by atoms with van der Waals surface area (Å²) in [6.45, 7) is 7.48. The second-order valence-electron chi connectivity index (χ2n) is 9.16. The third kappa shape index (κ3) is 4.44. The topological polar surface area (TPSA) is 100 Å². The highest BCUT2D eigenvalue weighted by Crippen LogP contribution is 2.41. The molecule has 0 radical (unpaired) electrons. The Labute approximate surface area is 192 Å². The lowest BCUT2D eigenvalue weighted by Crippen LogP contribution is -2.42. The van der Waals surface area contributed by atoms with Crippen molar-refractivity contribution in [2.75, 3.05) is 5.32 Å². The summed E-state index contributed by atoms with van der Waals surface area (Å²) in [5.41, 5.74) is 1.31. The smallest absolute Gasteiger partial charge is 0.410 e. The fraction of sp³-hybridized carbons (Fsp3) is 0.478. The van der Waals surface area contributed by atoms with Gasteiger partial charge in [-0.15, -0.1) is 0 Å². The van der Waals surface area contributed by atoms with Crippen LogP contribution in [0.1, 0.15) is 51.2 Å². The highest BCUT2D eigenvalue weighted by Gasteiger charge is 2.51. The fourth-order valence-corrected chi connectivity index (χ4v) is 4.52. The van der Waals surface area contributed by atoms with Gasteiger partial charge in [-0.1, -0.05) is 11.6 Å². The summed E-state index contributed by atoms with van der Waals surface area (Å²) in [5, 5.41) is 12.6. The normalized spacial score (nSPS) is 21.9. The number of benzene rings is 1. The Kier molecular flexibility index (Phi) is 5.87. The van der Waals surface area contributed by atoms with E-state index < -0.39 is 5.60 Å². The van der Waals surface area contributed by atoms with Crippen LogP contribution in [0.2, 0.25) is 5.02 Å². The molecule has 0 aliphatic carbocycles. The van der Waals surface area contributed by atoms with Crippen LogP contribution in [0, 0.1) is 18.3 Å². The molecule has 1 aromatic carbocycles. The molecule has 0 saturated carbocycles. The van der Waals surface area contributed by atoms with Crippen molar-refractivity contribution in [2.45, 2.75) is 70.7 Å². The summed E-state index contributed by atoms with van der Waals surface area (Å²) >= 11 is 6.28. The van der Waals surface area contributed by atoms with Crippen molar-refractivity contribution >= 4 is 29.2 Å². The Morgan fingerprint density at radius 2 is 2.09 bits per heavy atom. The van der Waals surface area contributed by atoms with Crippen molar-refractivity contribution in [2.24, 2.45) is 0 Å². The average Bonchev–Trinajstić information content (AvgIpc) is 3.29. The molecule has 3 atom stereocenters. The van der Waals surface area contributed by atoms with Gasteiger partial charge >= 0.3 is 6.09 Å². The molecular weight excluding hydrogens is 430 g/mol. The number of rotatable bonds is 4. The van der Waals surface area contributed by atoms with E-state index >= 15 is 0 Å². The number of ether oxygens (including phenoxy) is 2. The van der Waals surface area contributed by atoms with E-state index in [1.165, 1.54) is 6.33 Å². The highest BCUT2D eigenvalue weighted by atomic mass is 35.5. The van der Waals surface area contributed by atoms with Crippen molar-refractivity contribution in [1.82, 2.24) is 14.9 Å². The molecule has 1 amide bonds. The third-order valence-electron chi connectivity index (χ3n) is 5.74. The number of nitriles is 1. The number of fused-ring (bicyclic) bond motifs is 2. The van der Waals surface area contributed by atoms with Crippen LogP contribution in [-0.4, -0.2) is 44.7 Å². The monoisotopic (exact) mass is 455 g/mol. The minimum atomic E-state index is -0.536. The van der Waals surface area contributed by atoms with Crippen LogP contribution in [0.5, 0.6) is 5.88 Å². The average molecular weight is 456 g/mol. The number of hydrogen-bond donors (Lipinski definition) is 1. The summed E-state index contributed by atoms with van der Waals surface area (Å²) in [5.74, 6) is 1.03. The number of carbonyl (C=O) groups excluding carboxylic acids is 1. The van der Waals surface area contributed by atoms with Gasteiger partial charge in [0.15, 0.2) is 0 Å². The Bertz CT molecular complexity index is 1080. The number of hydrogen-bond acceptors (Lipinski definition) is 7. The lowest BCUT2D eigenvalue weighted by atomic mass is 9.98. The SMILES string of the molecule is Cc1c(Nc2ccc(C#N)cc2Cl)ncnc1O[C@H]1CC2CCC1N2C(=O)OC(C)(C)C. The molecule has 1 N–H and O–H groups in total. The maximum absolute atomic E-state index is 12.7. The number of aromatic nitrogens is 2. The fourth-order valence-electron chi connectivity index (χ4n) is 4.30. The number of nitrogens with zero attached hydrogens (tertiary/aromatic N) is 4. The van der Waals surface area contributed by atoms with Crippen LogP contribution in [0.3, 0.4) is 0 Å². The lowest BCUT2D eigenvalue weighted by Gasteiger charge is -2.28. The number of nitrogens with one attached hydrogen (secondary N) is 1. The van der Waals surface area contributed by atoms with E-state index in [9.17, 15) is 4.79 Å². The molecule has 2 aromatic rings. The first kappa shape index (κ1) is 22.2. The van der Waals surface area contributed by atoms with Gasteiger partial charge in [-0.2, -0.15) is 5.26 Å². The highest BCUT2D eigenvalue weighted by molar-refractivity contribution is 6.33. The van der Waals surface area contributed by atoms with E-state index in [1.54, 1.807) is 18.2 Å². The molecular formula is C23H26ClN5O3.